The lowest BCUT2D eigenvalue weighted by atomic mass is 9.96. The lowest BCUT2D eigenvalue weighted by Gasteiger charge is -2.28. The molecule has 0 radical (unpaired) electrons. The molecule has 0 aliphatic carbocycles. The van der Waals surface area contributed by atoms with Crippen molar-refractivity contribution in [2.75, 3.05) is 13.1 Å². The number of hydrogen-bond acceptors (Lipinski definition) is 4. The maximum Gasteiger partial charge on any atom is 0.226 e. The highest BCUT2D eigenvalue weighted by Gasteiger charge is 2.31. The van der Waals surface area contributed by atoms with Gasteiger partial charge in [-0.3, -0.25) is 14.6 Å². The molecule has 5 rings (SSSR count). The first-order chi connectivity index (χ1) is 13.3. The molecule has 0 spiro atoms. The molecule has 7 nitrogen and oxygen atoms in total. The van der Waals surface area contributed by atoms with Gasteiger partial charge in [0.2, 0.25) is 5.91 Å². The van der Waals surface area contributed by atoms with Gasteiger partial charge in [0.15, 0.2) is 0 Å². The summed E-state index contributed by atoms with van der Waals surface area (Å²) in [7, 11) is 0. The van der Waals surface area contributed by atoms with Crippen molar-refractivity contribution in [2.24, 2.45) is 5.92 Å². The molecule has 2 aliphatic heterocycles. The van der Waals surface area contributed by atoms with Crippen molar-refractivity contribution in [3.63, 3.8) is 0 Å². The maximum absolute atomic E-state index is 13.1. The molecule has 1 atom stereocenters. The summed E-state index contributed by atoms with van der Waals surface area (Å²) in [5, 5.41) is 12.0. The molecule has 1 N–H and O–H groups in total. The third kappa shape index (κ3) is 2.93. The first kappa shape index (κ1) is 16.2. The highest BCUT2D eigenvalue weighted by Crippen LogP contribution is 2.28. The van der Waals surface area contributed by atoms with Crippen LogP contribution in [0.15, 0.2) is 36.7 Å². The third-order valence-corrected chi connectivity index (χ3v) is 5.74. The topological polar surface area (TPSA) is 79.7 Å². The molecule has 1 aromatic carbocycles. The van der Waals surface area contributed by atoms with Crippen LogP contribution in [0.5, 0.6) is 0 Å². The second-order valence-electron chi connectivity index (χ2n) is 7.31. The maximum atomic E-state index is 13.1. The number of aryl methyl sites for hydroxylation is 1. The average Bonchev–Trinajstić information content (AvgIpc) is 3.29. The van der Waals surface area contributed by atoms with E-state index in [0.717, 1.165) is 61.7 Å². The third-order valence-electron chi connectivity index (χ3n) is 5.74. The van der Waals surface area contributed by atoms with Gasteiger partial charge in [-0.2, -0.15) is 10.2 Å². The molecule has 0 saturated heterocycles. The van der Waals surface area contributed by atoms with Crippen molar-refractivity contribution >= 4 is 5.91 Å². The van der Waals surface area contributed by atoms with Gasteiger partial charge in [-0.15, -0.1) is 0 Å². The smallest absolute Gasteiger partial charge is 0.226 e. The van der Waals surface area contributed by atoms with Crippen molar-refractivity contribution < 1.29 is 4.79 Å². The minimum Gasteiger partial charge on any atom is -0.342 e. The summed E-state index contributed by atoms with van der Waals surface area (Å²) in [4.78, 5) is 19.4. The van der Waals surface area contributed by atoms with Crippen molar-refractivity contribution in [1.82, 2.24) is 29.9 Å². The van der Waals surface area contributed by atoms with Crippen LogP contribution >= 0.6 is 0 Å². The summed E-state index contributed by atoms with van der Waals surface area (Å²) in [5.74, 6) is 1.20. The van der Waals surface area contributed by atoms with Crippen molar-refractivity contribution in [3.8, 4) is 11.3 Å². The number of carbonyl (C=O) groups is 1. The van der Waals surface area contributed by atoms with Crippen molar-refractivity contribution in [3.05, 3.63) is 53.7 Å². The van der Waals surface area contributed by atoms with E-state index in [4.69, 9.17) is 0 Å². The fourth-order valence-electron chi connectivity index (χ4n) is 4.24. The Morgan fingerprint density at radius 2 is 1.96 bits per heavy atom. The van der Waals surface area contributed by atoms with Gasteiger partial charge in [-0.25, -0.2) is 4.98 Å². The minimum atomic E-state index is 0.0184. The van der Waals surface area contributed by atoms with E-state index in [1.807, 2.05) is 27.8 Å². The Balaban J connectivity index is 1.32. The molecule has 2 aliphatic rings. The molecule has 7 heteroatoms. The van der Waals surface area contributed by atoms with Crippen molar-refractivity contribution in [2.45, 2.75) is 32.2 Å². The Bertz CT molecular complexity index is 960. The Kier molecular flexibility index (Phi) is 3.99. The van der Waals surface area contributed by atoms with Crippen LogP contribution in [0.3, 0.4) is 0 Å². The lowest BCUT2D eigenvalue weighted by Crippen LogP contribution is -2.40. The van der Waals surface area contributed by atoms with E-state index in [0.29, 0.717) is 6.42 Å². The number of fused-ring (bicyclic) bond motifs is 2. The van der Waals surface area contributed by atoms with Crippen LogP contribution in [-0.2, 0) is 30.6 Å². The zero-order valence-corrected chi connectivity index (χ0v) is 15.1. The van der Waals surface area contributed by atoms with E-state index < -0.39 is 0 Å². The van der Waals surface area contributed by atoms with Gasteiger partial charge in [-0.05, 0) is 12.8 Å². The first-order valence-corrected chi connectivity index (χ1v) is 9.56. The second-order valence-corrected chi connectivity index (χ2v) is 7.31. The Morgan fingerprint density at radius 3 is 2.85 bits per heavy atom. The molecule has 1 unspecified atom stereocenters. The van der Waals surface area contributed by atoms with Crippen LogP contribution < -0.4 is 0 Å². The van der Waals surface area contributed by atoms with Gasteiger partial charge >= 0.3 is 0 Å². The molecule has 0 fully saturated rings. The quantitative estimate of drug-likeness (QED) is 0.755. The summed E-state index contributed by atoms with van der Waals surface area (Å²) in [6, 6.07) is 10.3. The van der Waals surface area contributed by atoms with E-state index in [-0.39, 0.29) is 11.8 Å². The minimum absolute atomic E-state index is 0.0184. The van der Waals surface area contributed by atoms with E-state index in [1.165, 1.54) is 5.56 Å². The van der Waals surface area contributed by atoms with Gasteiger partial charge in [0, 0.05) is 55.2 Å². The number of amides is 1. The molecule has 4 heterocycles. The first-order valence-electron chi connectivity index (χ1n) is 9.56. The monoisotopic (exact) mass is 362 g/mol. The number of carbonyl (C=O) groups excluding carboxylic acids is 1. The van der Waals surface area contributed by atoms with Crippen LogP contribution in [0, 0.1) is 5.92 Å². The van der Waals surface area contributed by atoms with Gasteiger partial charge in [0.1, 0.15) is 12.2 Å². The molecule has 0 saturated carbocycles. The summed E-state index contributed by atoms with van der Waals surface area (Å²) in [6.07, 6.45) is 4.78. The predicted molar refractivity (Wildman–Crippen MR) is 99.8 cm³/mol. The molecular weight excluding hydrogens is 340 g/mol. The largest absolute Gasteiger partial charge is 0.342 e. The fraction of sp³-hybridized carbons (Fsp3) is 0.400. The summed E-state index contributed by atoms with van der Waals surface area (Å²) < 4.78 is 1.91. The number of H-pyrrole nitrogens is 1. The summed E-state index contributed by atoms with van der Waals surface area (Å²) >= 11 is 0. The van der Waals surface area contributed by atoms with Crippen LogP contribution in [0.25, 0.3) is 11.3 Å². The van der Waals surface area contributed by atoms with Gasteiger partial charge in [0.05, 0.1) is 5.69 Å². The van der Waals surface area contributed by atoms with Gasteiger partial charge in [0.25, 0.3) is 0 Å². The Hall–Kier alpha value is -2.96. The molecule has 27 heavy (non-hydrogen) atoms. The standard InChI is InChI=1S/C20H22N6O/c27-20(15-6-11-26-18(12-15)21-13-22-26)25-9-7-16-17(8-10-25)23-24-19(16)14-4-2-1-3-5-14/h1-5,13,15H,6-12H2,(H,23,24). The molecule has 0 bridgehead atoms. The second kappa shape index (κ2) is 6.64. The van der Waals surface area contributed by atoms with E-state index in [9.17, 15) is 4.79 Å². The lowest BCUT2D eigenvalue weighted by molar-refractivity contribution is -0.136. The predicted octanol–water partition coefficient (Wildman–Crippen LogP) is 1.86. The molecule has 2 aromatic heterocycles. The molecular formula is C20H22N6O. The highest BCUT2D eigenvalue weighted by molar-refractivity contribution is 5.79. The van der Waals surface area contributed by atoms with E-state index in [1.54, 1.807) is 6.33 Å². The zero-order chi connectivity index (χ0) is 18.2. The van der Waals surface area contributed by atoms with E-state index >= 15 is 0 Å². The zero-order valence-electron chi connectivity index (χ0n) is 15.1. The van der Waals surface area contributed by atoms with Crippen LogP contribution in [-0.4, -0.2) is 48.9 Å². The van der Waals surface area contributed by atoms with Crippen LogP contribution in [0.4, 0.5) is 0 Å². The molecule has 1 amide bonds. The normalized spacial score (nSPS) is 19.3. The number of hydrogen-bond donors (Lipinski definition) is 1. The molecule has 138 valence electrons. The summed E-state index contributed by atoms with van der Waals surface area (Å²) in [6.45, 7) is 2.26. The van der Waals surface area contributed by atoms with Crippen LogP contribution in [0.2, 0.25) is 0 Å². The number of aromatic amines is 1. The van der Waals surface area contributed by atoms with Gasteiger partial charge in [-0.1, -0.05) is 30.3 Å². The number of nitrogens with zero attached hydrogens (tertiary/aromatic N) is 5. The number of benzene rings is 1. The van der Waals surface area contributed by atoms with Gasteiger partial charge < -0.3 is 4.90 Å². The van der Waals surface area contributed by atoms with Crippen molar-refractivity contribution in [1.29, 1.82) is 0 Å². The number of aromatic nitrogens is 5. The molecule has 3 aromatic rings. The van der Waals surface area contributed by atoms with Crippen LogP contribution in [0.1, 0.15) is 23.5 Å². The Labute approximate surface area is 157 Å². The highest BCUT2D eigenvalue weighted by atomic mass is 16.2. The fourth-order valence-corrected chi connectivity index (χ4v) is 4.24. The SMILES string of the molecule is O=C(C1CCn2ncnc2C1)N1CCc2[nH]nc(-c3ccccc3)c2CC1. The van der Waals surface area contributed by atoms with E-state index in [2.05, 4.69) is 32.4 Å². The number of rotatable bonds is 2. The summed E-state index contributed by atoms with van der Waals surface area (Å²) in [5.41, 5.74) is 4.56. The Morgan fingerprint density at radius 1 is 1.11 bits per heavy atom. The average molecular weight is 362 g/mol. The number of nitrogens with one attached hydrogen (secondary N) is 1.